The van der Waals surface area contributed by atoms with Crippen molar-refractivity contribution in [1.82, 2.24) is 9.88 Å². The van der Waals surface area contributed by atoms with E-state index < -0.39 is 0 Å². The summed E-state index contributed by atoms with van der Waals surface area (Å²) in [5.41, 5.74) is 10.2. The number of aromatic nitrogens is 1. The molecule has 0 bridgehead atoms. The van der Waals surface area contributed by atoms with Crippen molar-refractivity contribution < 1.29 is 9.53 Å². The van der Waals surface area contributed by atoms with Gasteiger partial charge in [-0.05, 0) is 62.7 Å². The van der Waals surface area contributed by atoms with Crippen molar-refractivity contribution >= 4 is 23.1 Å². The first-order valence-electron chi connectivity index (χ1n) is 11.5. The van der Waals surface area contributed by atoms with Gasteiger partial charge >= 0.3 is 0 Å². The van der Waals surface area contributed by atoms with Gasteiger partial charge in [-0.1, -0.05) is 24.3 Å². The van der Waals surface area contributed by atoms with E-state index in [2.05, 4.69) is 44.4 Å². The summed E-state index contributed by atoms with van der Waals surface area (Å²) in [5, 5.41) is 2.89. The summed E-state index contributed by atoms with van der Waals surface area (Å²) in [7, 11) is 0. The third-order valence-electron chi connectivity index (χ3n) is 6.50. The standard InChI is InChI=1S/C24H31N5O2/c25-24-23-20(13-22(27-24)31-19-8-1-2-9-19)29(16-21(30)26-23)15-18-7-5-6-17(12-18)14-28-10-3-4-11-28/h5-7,12-13,19H,1-4,8-11,14-16H2,(H2,25,27)(H,26,30). The number of ether oxygens (including phenoxy) is 1. The highest BCUT2D eigenvalue weighted by Crippen LogP contribution is 2.38. The summed E-state index contributed by atoms with van der Waals surface area (Å²) in [4.78, 5) is 21.3. The number of pyridine rings is 1. The Labute approximate surface area is 183 Å². The molecule has 5 rings (SSSR count). The van der Waals surface area contributed by atoms with Gasteiger partial charge in [0.2, 0.25) is 11.8 Å². The van der Waals surface area contributed by atoms with Crippen molar-refractivity contribution in [1.29, 1.82) is 0 Å². The normalized spacial score (nSPS) is 19.5. The highest BCUT2D eigenvalue weighted by molar-refractivity contribution is 6.04. The van der Waals surface area contributed by atoms with Gasteiger partial charge in [0, 0.05) is 19.2 Å². The van der Waals surface area contributed by atoms with E-state index >= 15 is 0 Å². The molecule has 1 aromatic carbocycles. The fraction of sp³-hybridized carbons (Fsp3) is 0.500. The topological polar surface area (TPSA) is 83.7 Å². The number of likely N-dealkylation sites (tertiary alicyclic amines) is 1. The van der Waals surface area contributed by atoms with Crippen LogP contribution in [0, 0.1) is 0 Å². The second kappa shape index (κ2) is 8.75. The minimum Gasteiger partial charge on any atom is -0.474 e. The zero-order valence-electron chi connectivity index (χ0n) is 18.0. The first-order valence-corrected chi connectivity index (χ1v) is 11.5. The van der Waals surface area contributed by atoms with Gasteiger partial charge < -0.3 is 20.7 Å². The maximum absolute atomic E-state index is 12.4. The van der Waals surface area contributed by atoms with Crippen molar-refractivity contribution in [3.05, 3.63) is 41.5 Å². The third kappa shape index (κ3) is 4.61. The summed E-state index contributed by atoms with van der Waals surface area (Å²) in [5.74, 6) is 0.789. The van der Waals surface area contributed by atoms with Crippen molar-refractivity contribution in [3.63, 3.8) is 0 Å². The van der Waals surface area contributed by atoms with E-state index in [1.165, 1.54) is 49.9 Å². The van der Waals surface area contributed by atoms with Crippen LogP contribution in [0.5, 0.6) is 5.88 Å². The van der Waals surface area contributed by atoms with Gasteiger partial charge in [0.1, 0.15) is 11.8 Å². The number of amides is 1. The number of hydrogen-bond donors (Lipinski definition) is 2. The lowest BCUT2D eigenvalue weighted by Gasteiger charge is -2.32. The fourth-order valence-electron chi connectivity index (χ4n) is 4.97. The smallest absolute Gasteiger partial charge is 0.244 e. The van der Waals surface area contributed by atoms with Crippen LogP contribution in [0.2, 0.25) is 0 Å². The van der Waals surface area contributed by atoms with Crippen molar-refractivity contribution in [2.24, 2.45) is 0 Å². The van der Waals surface area contributed by atoms with E-state index in [4.69, 9.17) is 10.5 Å². The van der Waals surface area contributed by atoms with Crippen LogP contribution < -0.4 is 20.7 Å². The summed E-state index contributed by atoms with van der Waals surface area (Å²) >= 11 is 0. The van der Waals surface area contributed by atoms with Gasteiger partial charge in [0.05, 0.1) is 12.2 Å². The Morgan fingerprint density at radius 3 is 2.58 bits per heavy atom. The number of hydrogen-bond acceptors (Lipinski definition) is 6. The molecule has 3 N–H and O–H groups in total. The molecule has 1 aromatic heterocycles. The number of nitrogens with one attached hydrogen (secondary N) is 1. The van der Waals surface area contributed by atoms with E-state index in [0.717, 1.165) is 25.1 Å². The highest BCUT2D eigenvalue weighted by Gasteiger charge is 2.27. The van der Waals surface area contributed by atoms with Gasteiger partial charge in [-0.15, -0.1) is 0 Å². The van der Waals surface area contributed by atoms with E-state index in [0.29, 0.717) is 23.9 Å². The molecule has 0 unspecified atom stereocenters. The number of rotatable bonds is 6. The van der Waals surface area contributed by atoms with Crippen LogP contribution in [-0.2, 0) is 17.9 Å². The Kier molecular flexibility index (Phi) is 5.68. The van der Waals surface area contributed by atoms with Crippen LogP contribution in [0.3, 0.4) is 0 Å². The Bertz CT molecular complexity index is 951. The van der Waals surface area contributed by atoms with E-state index in [-0.39, 0.29) is 18.6 Å². The summed E-state index contributed by atoms with van der Waals surface area (Å²) in [6, 6.07) is 10.6. The van der Waals surface area contributed by atoms with Gasteiger partial charge in [0.25, 0.3) is 0 Å². The van der Waals surface area contributed by atoms with Crippen LogP contribution in [-0.4, -0.2) is 41.5 Å². The molecule has 7 heteroatoms. The highest BCUT2D eigenvalue weighted by atomic mass is 16.5. The quantitative estimate of drug-likeness (QED) is 0.742. The molecule has 0 atom stereocenters. The van der Waals surface area contributed by atoms with E-state index in [9.17, 15) is 4.79 Å². The lowest BCUT2D eigenvalue weighted by Crippen LogP contribution is -2.38. The molecule has 0 spiro atoms. The Morgan fingerprint density at radius 2 is 1.81 bits per heavy atom. The first-order chi connectivity index (χ1) is 15.1. The number of anilines is 3. The van der Waals surface area contributed by atoms with Gasteiger partial charge in [-0.2, -0.15) is 4.98 Å². The molecule has 2 aromatic rings. The van der Waals surface area contributed by atoms with Crippen LogP contribution in [0.1, 0.15) is 49.7 Å². The lowest BCUT2D eigenvalue weighted by atomic mass is 10.1. The lowest BCUT2D eigenvalue weighted by molar-refractivity contribution is -0.115. The molecular weight excluding hydrogens is 390 g/mol. The second-order valence-corrected chi connectivity index (χ2v) is 8.97. The minimum absolute atomic E-state index is 0.0707. The predicted molar refractivity (Wildman–Crippen MR) is 122 cm³/mol. The molecule has 1 saturated heterocycles. The first kappa shape index (κ1) is 20.1. The molecule has 1 saturated carbocycles. The molecule has 3 heterocycles. The molecule has 31 heavy (non-hydrogen) atoms. The maximum Gasteiger partial charge on any atom is 0.244 e. The SMILES string of the molecule is Nc1nc(OC2CCCC2)cc2c1NC(=O)CN2Cc1cccc(CN2CCCC2)c1. The number of nitrogens with two attached hydrogens (primary N) is 1. The zero-order valence-corrected chi connectivity index (χ0v) is 18.0. The van der Waals surface area contributed by atoms with Crippen LogP contribution in [0.25, 0.3) is 0 Å². The summed E-state index contributed by atoms with van der Waals surface area (Å²) in [6.07, 6.45) is 7.30. The molecule has 1 aliphatic carbocycles. The number of carbonyl (C=O) groups excluding carboxylic acids is 1. The maximum atomic E-state index is 12.4. The van der Waals surface area contributed by atoms with Gasteiger partial charge in [0.15, 0.2) is 5.82 Å². The second-order valence-electron chi connectivity index (χ2n) is 8.97. The average molecular weight is 422 g/mol. The van der Waals surface area contributed by atoms with Crippen molar-refractivity contribution in [2.75, 3.05) is 35.6 Å². The number of carbonyl (C=O) groups is 1. The van der Waals surface area contributed by atoms with Crippen LogP contribution in [0.4, 0.5) is 17.2 Å². The molecule has 7 nitrogen and oxygen atoms in total. The molecule has 3 aliphatic rings. The molecule has 164 valence electrons. The molecule has 1 amide bonds. The van der Waals surface area contributed by atoms with Crippen molar-refractivity contribution in [2.45, 2.75) is 57.7 Å². The van der Waals surface area contributed by atoms with Crippen LogP contribution in [0.15, 0.2) is 30.3 Å². The largest absolute Gasteiger partial charge is 0.474 e. The predicted octanol–water partition coefficient (Wildman–Crippen LogP) is 3.54. The minimum atomic E-state index is -0.0707. The van der Waals surface area contributed by atoms with Crippen molar-refractivity contribution in [3.8, 4) is 5.88 Å². The molecule has 2 aliphatic heterocycles. The number of fused-ring (bicyclic) bond motifs is 1. The van der Waals surface area contributed by atoms with E-state index in [1.807, 2.05) is 6.07 Å². The third-order valence-corrected chi connectivity index (χ3v) is 6.50. The van der Waals surface area contributed by atoms with Gasteiger partial charge in [-0.25, -0.2) is 0 Å². The molecule has 0 radical (unpaired) electrons. The zero-order chi connectivity index (χ0) is 21.2. The number of benzene rings is 1. The monoisotopic (exact) mass is 421 g/mol. The van der Waals surface area contributed by atoms with Crippen LogP contribution >= 0.6 is 0 Å². The van der Waals surface area contributed by atoms with E-state index in [1.54, 1.807) is 0 Å². The number of nitrogens with zero attached hydrogens (tertiary/aromatic N) is 3. The van der Waals surface area contributed by atoms with Gasteiger partial charge in [-0.3, -0.25) is 9.69 Å². The molecular formula is C24H31N5O2. The Hall–Kier alpha value is -2.80. The fourth-order valence-corrected chi connectivity index (χ4v) is 4.97. The average Bonchev–Trinajstić information content (AvgIpc) is 3.44. The Balaban J connectivity index is 1.37. The summed E-state index contributed by atoms with van der Waals surface area (Å²) < 4.78 is 6.11. The summed E-state index contributed by atoms with van der Waals surface area (Å²) in [6.45, 7) is 4.28. The molecule has 2 fully saturated rings. The Morgan fingerprint density at radius 1 is 1.06 bits per heavy atom. The number of nitrogen functional groups attached to an aromatic ring is 1.